The molecule has 0 unspecified atom stereocenters. The summed E-state index contributed by atoms with van der Waals surface area (Å²) >= 11 is 0. The summed E-state index contributed by atoms with van der Waals surface area (Å²) in [6.07, 6.45) is -0.344. The Kier molecular flexibility index (Phi) is 3.97. The van der Waals surface area contributed by atoms with Crippen LogP contribution in [0, 0.1) is 0 Å². The standard InChI is InChI=1S/C12H21NO3/c1-9(2)10-8-13(6-7-15-10)11(14)16-12(3,4)5/h10H,1,6-8H2,2-5H3/t10-/m1/s1. The fourth-order valence-corrected chi connectivity index (χ4v) is 1.44. The van der Waals surface area contributed by atoms with Gasteiger partial charge in [-0.3, -0.25) is 0 Å². The minimum atomic E-state index is -0.450. The van der Waals surface area contributed by atoms with Crippen LogP contribution < -0.4 is 0 Å². The predicted molar refractivity (Wildman–Crippen MR) is 62.4 cm³/mol. The Morgan fingerprint density at radius 2 is 2.12 bits per heavy atom. The van der Waals surface area contributed by atoms with E-state index in [0.717, 1.165) is 5.57 Å². The predicted octanol–water partition coefficient (Wildman–Crippen LogP) is 2.20. The first-order valence-electron chi connectivity index (χ1n) is 5.54. The fraction of sp³-hybridized carbons (Fsp3) is 0.750. The van der Waals surface area contributed by atoms with Gasteiger partial charge in [-0.05, 0) is 27.7 Å². The van der Waals surface area contributed by atoms with Gasteiger partial charge in [0.25, 0.3) is 0 Å². The molecule has 0 bridgehead atoms. The molecule has 92 valence electrons. The summed E-state index contributed by atoms with van der Waals surface area (Å²) in [6.45, 7) is 13.0. The van der Waals surface area contributed by atoms with Gasteiger partial charge in [0.05, 0.1) is 19.3 Å². The van der Waals surface area contributed by atoms with Crippen molar-refractivity contribution in [2.75, 3.05) is 19.7 Å². The van der Waals surface area contributed by atoms with Crippen LogP contribution in [-0.2, 0) is 9.47 Å². The van der Waals surface area contributed by atoms with Crippen LogP contribution in [0.2, 0.25) is 0 Å². The van der Waals surface area contributed by atoms with Gasteiger partial charge >= 0.3 is 6.09 Å². The lowest BCUT2D eigenvalue weighted by Crippen LogP contribution is -2.47. The number of carbonyl (C=O) groups is 1. The second-order valence-electron chi connectivity index (χ2n) is 5.13. The first kappa shape index (κ1) is 13.0. The zero-order valence-electron chi connectivity index (χ0n) is 10.6. The van der Waals surface area contributed by atoms with Gasteiger partial charge in [-0.2, -0.15) is 0 Å². The molecule has 1 atom stereocenters. The lowest BCUT2D eigenvalue weighted by atomic mass is 10.1. The monoisotopic (exact) mass is 227 g/mol. The minimum absolute atomic E-state index is 0.0683. The molecule has 16 heavy (non-hydrogen) atoms. The average Bonchev–Trinajstić information content (AvgIpc) is 2.15. The highest BCUT2D eigenvalue weighted by Gasteiger charge is 2.28. The van der Waals surface area contributed by atoms with Gasteiger partial charge in [-0.1, -0.05) is 12.2 Å². The molecule has 1 aliphatic heterocycles. The Labute approximate surface area is 97.2 Å². The van der Waals surface area contributed by atoms with Crippen LogP contribution in [0.1, 0.15) is 27.7 Å². The first-order chi connectivity index (χ1) is 7.29. The van der Waals surface area contributed by atoms with Crippen LogP contribution in [0.3, 0.4) is 0 Å². The number of rotatable bonds is 1. The van der Waals surface area contributed by atoms with Crippen molar-refractivity contribution < 1.29 is 14.3 Å². The number of ether oxygens (including phenoxy) is 2. The molecule has 1 fully saturated rings. The third-order valence-electron chi connectivity index (χ3n) is 2.27. The van der Waals surface area contributed by atoms with Crippen molar-refractivity contribution >= 4 is 6.09 Å². The molecular weight excluding hydrogens is 206 g/mol. The fourth-order valence-electron chi connectivity index (χ4n) is 1.44. The molecule has 4 nitrogen and oxygen atoms in total. The molecule has 0 aromatic carbocycles. The number of amides is 1. The molecule has 0 saturated carbocycles. The Morgan fingerprint density at radius 1 is 1.50 bits per heavy atom. The Morgan fingerprint density at radius 3 is 2.62 bits per heavy atom. The quantitative estimate of drug-likeness (QED) is 0.645. The maximum atomic E-state index is 11.8. The number of hydrogen-bond donors (Lipinski definition) is 0. The molecule has 1 saturated heterocycles. The third kappa shape index (κ3) is 3.85. The van der Waals surface area contributed by atoms with Gasteiger partial charge in [0.1, 0.15) is 5.60 Å². The summed E-state index contributed by atoms with van der Waals surface area (Å²) in [5, 5.41) is 0. The van der Waals surface area contributed by atoms with Crippen molar-refractivity contribution in [1.82, 2.24) is 4.90 Å². The van der Waals surface area contributed by atoms with Crippen LogP contribution in [-0.4, -0.2) is 42.4 Å². The van der Waals surface area contributed by atoms with E-state index in [1.165, 1.54) is 0 Å². The zero-order valence-corrected chi connectivity index (χ0v) is 10.6. The van der Waals surface area contributed by atoms with Crippen LogP contribution in [0.4, 0.5) is 4.79 Å². The number of morpholine rings is 1. The van der Waals surface area contributed by atoms with Crippen molar-refractivity contribution in [3.05, 3.63) is 12.2 Å². The zero-order chi connectivity index (χ0) is 12.3. The van der Waals surface area contributed by atoms with Crippen molar-refractivity contribution in [3.8, 4) is 0 Å². The van der Waals surface area contributed by atoms with Gasteiger partial charge in [-0.15, -0.1) is 0 Å². The van der Waals surface area contributed by atoms with E-state index in [2.05, 4.69) is 6.58 Å². The van der Waals surface area contributed by atoms with Crippen molar-refractivity contribution in [1.29, 1.82) is 0 Å². The van der Waals surface area contributed by atoms with Gasteiger partial charge in [0.2, 0.25) is 0 Å². The lowest BCUT2D eigenvalue weighted by Gasteiger charge is -2.34. The van der Waals surface area contributed by atoms with E-state index in [-0.39, 0.29) is 12.2 Å². The Bertz CT molecular complexity index is 280. The molecule has 1 heterocycles. The van der Waals surface area contributed by atoms with E-state index in [4.69, 9.17) is 9.47 Å². The normalized spacial score (nSPS) is 21.8. The molecule has 0 spiro atoms. The molecular formula is C12H21NO3. The van der Waals surface area contributed by atoms with Crippen LogP contribution in [0.15, 0.2) is 12.2 Å². The number of nitrogens with zero attached hydrogens (tertiary/aromatic N) is 1. The van der Waals surface area contributed by atoms with E-state index < -0.39 is 5.60 Å². The van der Waals surface area contributed by atoms with Crippen molar-refractivity contribution in [3.63, 3.8) is 0 Å². The average molecular weight is 227 g/mol. The molecule has 4 heteroatoms. The summed E-state index contributed by atoms with van der Waals surface area (Å²) in [5.74, 6) is 0. The van der Waals surface area contributed by atoms with E-state index in [1.807, 2.05) is 27.7 Å². The molecule has 0 aromatic rings. The number of carbonyl (C=O) groups excluding carboxylic acids is 1. The van der Waals surface area contributed by atoms with Crippen LogP contribution in [0.5, 0.6) is 0 Å². The topological polar surface area (TPSA) is 38.8 Å². The number of hydrogen-bond acceptors (Lipinski definition) is 3. The minimum Gasteiger partial charge on any atom is -0.444 e. The Hall–Kier alpha value is -1.03. The van der Waals surface area contributed by atoms with Gasteiger partial charge in [-0.25, -0.2) is 4.79 Å². The first-order valence-corrected chi connectivity index (χ1v) is 5.54. The maximum absolute atomic E-state index is 11.8. The van der Waals surface area contributed by atoms with E-state index in [9.17, 15) is 4.79 Å². The van der Waals surface area contributed by atoms with Gasteiger partial charge in [0, 0.05) is 6.54 Å². The van der Waals surface area contributed by atoms with Crippen molar-refractivity contribution in [2.24, 2.45) is 0 Å². The summed E-state index contributed by atoms with van der Waals surface area (Å²) in [4.78, 5) is 13.5. The highest BCUT2D eigenvalue weighted by atomic mass is 16.6. The lowest BCUT2D eigenvalue weighted by molar-refractivity contribution is -0.0295. The second kappa shape index (κ2) is 4.87. The SMILES string of the molecule is C=C(C)[C@H]1CN(C(=O)OC(C)(C)C)CCO1. The van der Waals surface area contributed by atoms with Gasteiger partial charge in [0.15, 0.2) is 0 Å². The molecule has 0 N–H and O–H groups in total. The molecule has 0 radical (unpaired) electrons. The second-order valence-corrected chi connectivity index (χ2v) is 5.13. The van der Waals surface area contributed by atoms with E-state index >= 15 is 0 Å². The summed E-state index contributed by atoms with van der Waals surface area (Å²) < 4.78 is 10.8. The molecule has 1 aliphatic rings. The highest BCUT2D eigenvalue weighted by Crippen LogP contribution is 2.15. The molecule has 1 rings (SSSR count). The van der Waals surface area contributed by atoms with Crippen molar-refractivity contribution in [2.45, 2.75) is 39.4 Å². The Balaban J connectivity index is 2.54. The third-order valence-corrected chi connectivity index (χ3v) is 2.27. The highest BCUT2D eigenvalue weighted by molar-refractivity contribution is 5.68. The summed E-state index contributed by atoms with van der Waals surface area (Å²) in [6, 6.07) is 0. The molecule has 0 aliphatic carbocycles. The van der Waals surface area contributed by atoms with Crippen LogP contribution in [0.25, 0.3) is 0 Å². The molecule has 0 aromatic heterocycles. The summed E-state index contributed by atoms with van der Waals surface area (Å²) in [7, 11) is 0. The largest absolute Gasteiger partial charge is 0.444 e. The van der Waals surface area contributed by atoms with Gasteiger partial charge < -0.3 is 14.4 Å². The summed E-state index contributed by atoms with van der Waals surface area (Å²) in [5.41, 5.74) is 0.488. The molecule has 1 amide bonds. The maximum Gasteiger partial charge on any atom is 0.410 e. The van der Waals surface area contributed by atoms with E-state index in [0.29, 0.717) is 19.7 Å². The van der Waals surface area contributed by atoms with Crippen LogP contribution >= 0.6 is 0 Å². The smallest absolute Gasteiger partial charge is 0.410 e. The van der Waals surface area contributed by atoms with E-state index in [1.54, 1.807) is 4.90 Å².